The summed E-state index contributed by atoms with van der Waals surface area (Å²) in [5.74, 6) is -0.181. The van der Waals surface area contributed by atoms with Crippen molar-refractivity contribution in [2.75, 3.05) is 64.3 Å². The van der Waals surface area contributed by atoms with Crippen LogP contribution in [0.2, 0.25) is 0 Å². The largest absolute Gasteiger partial charge is 0.463 e. The molecule has 8 atom stereocenters. The van der Waals surface area contributed by atoms with E-state index < -0.39 is 42.8 Å². The second kappa shape index (κ2) is 24.9. The van der Waals surface area contributed by atoms with Crippen LogP contribution in [-0.4, -0.2) is 160 Å². The molecular formula is C43H63N9O12S. The lowest BCUT2D eigenvalue weighted by atomic mass is 10.0. The van der Waals surface area contributed by atoms with E-state index in [9.17, 15) is 29.4 Å². The average molecular weight is 930 g/mol. The lowest BCUT2D eigenvalue weighted by Crippen LogP contribution is -2.39. The van der Waals surface area contributed by atoms with Crippen LogP contribution < -0.4 is 21.7 Å². The van der Waals surface area contributed by atoms with Gasteiger partial charge in [0, 0.05) is 63.5 Å². The lowest BCUT2D eigenvalue weighted by Gasteiger charge is -2.21. The van der Waals surface area contributed by atoms with Gasteiger partial charge < -0.3 is 49.7 Å². The molecule has 22 heteroatoms. The van der Waals surface area contributed by atoms with Gasteiger partial charge in [-0.15, -0.1) is 11.8 Å². The van der Waals surface area contributed by atoms with Crippen molar-refractivity contribution in [1.29, 1.82) is 0 Å². The Morgan fingerprint density at radius 2 is 1.72 bits per heavy atom. The number of allylic oxidation sites excluding steroid dienone is 2. The number of aliphatic hydroxyl groups is 2. The van der Waals surface area contributed by atoms with Gasteiger partial charge in [-0.25, -0.2) is 15.0 Å². The van der Waals surface area contributed by atoms with Crippen molar-refractivity contribution in [2.24, 2.45) is 4.99 Å². The van der Waals surface area contributed by atoms with E-state index in [1.54, 1.807) is 18.0 Å². The molecule has 6 rings (SSSR count). The molecule has 0 radical (unpaired) electrons. The summed E-state index contributed by atoms with van der Waals surface area (Å²) >= 11 is 1.79. The summed E-state index contributed by atoms with van der Waals surface area (Å²) in [6.45, 7) is 8.66. The molecule has 7 N–H and O–H groups in total. The van der Waals surface area contributed by atoms with Crippen molar-refractivity contribution in [3.63, 3.8) is 0 Å². The molecule has 0 spiro atoms. The van der Waals surface area contributed by atoms with Crippen LogP contribution in [0.25, 0.3) is 11.2 Å². The number of nitrogens with one attached hydrogen (secondary N) is 3. The van der Waals surface area contributed by atoms with Gasteiger partial charge in [0.05, 0.1) is 44.3 Å². The normalized spacial score (nSPS) is 26.1. The van der Waals surface area contributed by atoms with Gasteiger partial charge in [-0.2, -0.15) is 0 Å². The fourth-order valence-electron chi connectivity index (χ4n) is 7.49. The summed E-state index contributed by atoms with van der Waals surface area (Å²) in [4.78, 5) is 68.1. The number of anilines is 1. The number of aliphatic imine (C=N–C) groups is 1. The number of nitrogens with zero attached hydrogens (tertiary/aromatic N) is 5. The molecule has 2 aromatic heterocycles. The number of carbonyl (C=O) groups is 4. The molecule has 21 nitrogen and oxygen atoms in total. The highest BCUT2D eigenvalue weighted by atomic mass is 32.2. The molecule has 4 aliphatic rings. The van der Waals surface area contributed by atoms with Gasteiger partial charge in [0.15, 0.2) is 35.9 Å². The van der Waals surface area contributed by atoms with Gasteiger partial charge in [-0.1, -0.05) is 12.7 Å². The first-order valence-electron chi connectivity index (χ1n) is 22.3. The third-order valence-electron chi connectivity index (χ3n) is 11.3. The van der Waals surface area contributed by atoms with Crippen molar-refractivity contribution < 1.29 is 57.8 Å². The fraction of sp³-hybridized carbons (Fsp3) is 0.674. The summed E-state index contributed by atoms with van der Waals surface area (Å²) in [7, 11) is 0. The molecule has 3 saturated heterocycles. The third-order valence-corrected chi connectivity index (χ3v) is 12.6. The molecule has 0 aliphatic carbocycles. The summed E-state index contributed by atoms with van der Waals surface area (Å²) in [6, 6.07) is 0.420. The molecule has 1 amide bonds. The summed E-state index contributed by atoms with van der Waals surface area (Å²) < 4.78 is 35.4. The quantitative estimate of drug-likeness (QED) is 0.0367. The Balaban J connectivity index is 0.749. The molecule has 2 aromatic rings. The van der Waals surface area contributed by atoms with E-state index in [0.717, 1.165) is 18.6 Å². The predicted molar refractivity (Wildman–Crippen MR) is 238 cm³/mol. The van der Waals surface area contributed by atoms with Crippen LogP contribution in [-0.2, 0) is 47.6 Å². The number of fused-ring (bicyclic) bond motifs is 2. The number of nitrogens with two attached hydrogens (primary N) is 1. The third kappa shape index (κ3) is 15.3. The Bertz CT molecular complexity index is 2000. The van der Waals surface area contributed by atoms with Crippen molar-refractivity contribution in [2.45, 2.75) is 126 Å². The van der Waals surface area contributed by atoms with E-state index in [0.29, 0.717) is 95.0 Å². The van der Waals surface area contributed by atoms with E-state index in [1.807, 2.05) is 6.92 Å². The minimum absolute atomic E-state index is 0.0320. The summed E-state index contributed by atoms with van der Waals surface area (Å²) in [6.07, 6.45) is 5.96. The second-order valence-electron chi connectivity index (χ2n) is 16.5. The first kappa shape index (κ1) is 50.0. The number of unbranched alkanes of at least 4 members (excludes halogenated alkanes) is 1. The Labute approximate surface area is 382 Å². The molecule has 358 valence electrons. The number of nitrogen functional groups attached to an aromatic ring is 1. The smallest absolute Gasteiger partial charge is 0.306 e. The number of amides is 1. The van der Waals surface area contributed by atoms with E-state index in [2.05, 4.69) is 48.5 Å². The van der Waals surface area contributed by atoms with Gasteiger partial charge in [0.25, 0.3) is 0 Å². The molecule has 6 heterocycles. The molecule has 6 unspecified atom stereocenters. The lowest BCUT2D eigenvalue weighted by molar-refractivity contribution is -0.160. The molecule has 0 bridgehead atoms. The van der Waals surface area contributed by atoms with Crippen molar-refractivity contribution >= 4 is 58.6 Å². The Morgan fingerprint density at radius 1 is 0.969 bits per heavy atom. The molecule has 4 aliphatic heterocycles. The average Bonchev–Trinajstić information content (AvgIpc) is 3.58. The number of ketones is 1. The zero-order chi connectivity index (χ0) is 46.2. The summed E-state index contributed by atoms with van der Waals surface area (Å²) in [5, 5.41) is 30.1. The maximum atomic E-state index is 12.8. The van der Waals surface area contributed by atoms with Crippen molar-refractivity contribution in [1.82, 2.24) is 35.5 Å². The maximum Gasteiger partial charge on any atom is 0.306 e. The van der Waals surface area contributed by atoms with E-state index in [1.165, 1.54) is 22.1 Å². The highest BCUT2D eigenvalue weighted by Crippen LogP contribution is 2.36. The zero-order valence-electron chi connectivity index (χ0n) is 36.9. The van der Waals surface area contributed by atoms with E-state index in [-0.39, 0.29) is 67.4 Å². The second-order valence-corrected chi connectivity index (χ2v) is 17.6. The molecule has 0 aromatic carbocycles. The molecule has 3 fully saturated rings. The molecule has 65 heavy (non-hydrogen) atoms. The number of aromatic nitrogens is 4. The van der Waals surface area contributed by atoms with Gasteiger partial charge in [0.1, 0.15) is 30.7 Å². The van der Waals surface area contributed by atoms with Crippen LogP contribution in [0.15, 0.2) is 40.8 Å². The monoisotopic (exact) mass is 929 g/mol. The molecular weight excluding hydrogens is 867 g/mol. The van der Waals surface area contributed by atoms with Gasteiger partial charge >= 0.3 is 11.9 Å². The van der Waals surface area contributed by atoms with Crippen LogP contribution in [0.5, 0.6) is 0 Å². The Hall–Kier alpha value is -4.39. The zero-order valence-corrected chi connectivity index (χ0v) is 37.7. The number of imidazole rings is 1. The van der Waals surface area contributed by atoms with Crippen LogP contribution in [0.4, 0.5) is 5.82 Å². The van der Waals surface area contributed by atoms with E-state index in [4.69, 9.17) is 34.2 Å². The minimum Gasteiger partial charge on any atom is -0.463 e. The van der Waals surface area contributed by atoms with Crippen LogP contribution in [0.1, 0.15) is 83.8 Å². The number of ether oxygens (including phenoxy) is 6. The van der Waals surface area contributed by atoms with Crippen LogP contribution in [0.3, 0.4) is 0 Å². The SMILES string of the molecule is C=C(CCCOCCOCCOCCCNC(=O)CCC/C=C1\SCC2NC(O)NC12)C(=O)CCCC(=O)OC[C@H]1OC(n2cnc3c(N)ncnc32)[C@H](O)C1OC(=O)CCC1(C)C=N1. The number of hydrogen-bond donors (Lipinski definition) is 6. The van der Waals surface area contributed by atoms with Crippen molar-refractivity contribution in [3.8, 4) is 0 Å². The highest BCUT2D eigenvalue weighted by Gasteiger charge is 2.48. The number of carbonyl (C=O) groups excluding carboxylic acids is 4. The minimum atomic E-state index is -1.36. The standard InChI is InChI=1S/C43H63N9O12S/c1-27(8-6-16-59-18-20-61-21-19-60-17-7-15-45-32(54)11-4-3-10-31-35-28(23-65-31)50-42(58)51-35)29(53)9-5-12-33(55)62-22-30-38(64-34(56)13-14-43(2)24-49-43)37(57)41(63-30)52-26-48-36-39(44)46-25-47-40(36)52/h10,24-26,28,30,35,37-38,41-42,50-51,57-58H,1,3-9,11-23H2,2H3,(H,45,54)(H2,44,46,47)/b31-10-/t28?,30-,35?,37-,38?,41?,42?,43?/m1/s1. The first-order valence-corrected chi connectivity index (χ1v) is 23.3. The Kier molecular flexibility index (Phi) is 19.2. The van der Waals surface area contributed by atoms with Gasteiger partial charge in [-0.05, 0) is 62.3 Å². The van der Waals surface area contributed by atoms with Crippen molar-refractivity contribution in [3.05, 3.63) is 35.8 Å². The van der Waals surface area contributed by atoms with Crippen LogP contribution in [0, 0.1) is 0 Å². The predicted octanol–water partition coefficient (Wildman–Crippen LogP) is 1.38. The number of esters is 2. The fourth-order valence-corrected chi connectivity index (χ4v) is 8.80. The summed E-state index contributed by atoms with van der Waals surface area (Å²) in [5.41, 5.74) is 6.62. The van der Waals surface area contributed by atoms with Crippen LogP contribution >= 0.6 is 11.8 Å². The molecule has 0 saturated carbocycles. The number of rotatable bonds is 30. The maximum absolute atomic E-state index is 12.8. The number of hydrogen-bond acceptors (Lipinski definition) is 20. The van der Waals surface area contributed by atoms with E-state index >= 15 is 0 Å². The van der Waals surface area contributed by atoms with Gasteiger partial charge in [0.2, 0.25) is 5.91 Å². The number of thioether (sulfide) groups is 1. The number of Topliss-reactive ketones (excluding diaryl/α,β-unsaturated/α-hetero) is 1. The topological polar surface area (TPSA) is 282 Å². The number of aliphatic hydroxyl groups excluding tert-OH is 2. The first-order chi connectivity index (χ1) is 31.4. The highest BCUT2D eigenvalue weighted by molar-refractivity contribution is 8.03. The van der Waals surface area contributed by atoms with Gasteiger partial charge in [-0.3, -0.25) is 39.4 Å². The Morgan fingerprint density at radius 3 is 2.49 bits per heavy atom.